The molecule has 0 aliphatic carbocycles. The Labute approximate surface area is 142 Å². The van der Waals surface area contributed by atoms with Gasteiger partial charge in [-0.3, -0.25) is 0 Å². The maximum Gasteiger partial charge on any atom is 0.407 e. The number of hydrogen-bond donors (Lipinski definition) is 2. The fourth-order valence-electron chi connectivity index (χ4n) is 2.11. The summed E-state index contributed by atoms with van der Waals surface area (Å²) >= 11 is 0. The van der Waals surface area contributed by atoms with E-state index in [1.807, 2.05) is 44.2 Å². The highest BCUT2D eigenvalue weighted by atomic mass is 16.5. The molecule has 2 rings (SSSR count). The Kier molecular flexibility index (Phi) is 6.63. The Bertz CT molecular complexity index is 626. The average molecular weight is 329 g/mol. The number of hydrogen-bond acceptors (Lipinski definition) is 4. The summed E-state index contributed by atoms with van der Waals surface area (Å²) in [5.74, 6) is 0.746. The summed E-state index contributed by atoms with van der Waals surface area (Å²) in [6.45, 7) is 4.18. The molecule has 1 atom stereocenters. The molecule has 0 aromatic heterocycles. The van der Waals surface area contributed by atoms with Gasteiger partial charge in [0.05, 0.1) is 18.8 Å². The molecule has 1 unspecified atom stereocenters. The van der Waals surface area contributed by atoms with Crippen LogP contribution in [0.25, 0.3) is 0 Å². The molecule has 2 aromatic rings. The van der Waals surface area contributed by atoms with Gasteiger partial charge in [0.15, 0.2) is 0 Å². The van der Waals surface area contributed by atoms with Crippen LogP contribution in [-0.2, 0) is 11.3 Å². The van der Waals surface area contributed by atoms with Crippen LogP contribution in [0.4, 0.5) is 4.79 Å². The van der Waals surface area contributed by atoms with Crippen LogP contribution in [0.1, 0.15) is 31.1 Å². The van der Waals surface area contributed by atoms with Crippen LogP contribution in [0.15, 0.2) is 54.6 Å². The molecule has 0 radical (unpaired) electrons. The number of aliphatic hydroxyl groups is 1. The molecule has 0 spiro atoms. The summed E-state index contributed by atoms with van der Waals surface area (Å²) in [7, 11) is 0. The highest BCUT2D eigenvalue weighted by molar-refractivity contribution is 5.67. The summed E-state index contributed by atoms with van der Waals surface area (Å²) in [5.41, 5.74) is 1.61. The van der Waals surface area contributed by atoms with Crippen molar-refractivity contribution in [1.82, 2.24) is 5.32 Å². The van der Waals surface area contributed by atoms with Crippen LogP contribution >= 0.6 is 0 Å². The second-order valence-electron chi connectivity index (χ2n) is 5.69. The molecule has 0 aliphatic rings. The highest BCUT2D eigenvalue weighted by Gasteiger charge is 2.10. The molecule has 2 N–H and O–H groups in total. The van der Waals surface area contributed by atoms with Crippen molar-refractivity contribution >= 4 is 6.09 Å². The third-order valence-electron chi connectivity index (χ3n) is 3.29. The quantitative estimate of drug-likeness (QED) is 0.816. The largest absolute Gasteiger partial charge is 0.491 e. The number of ether oxygens (including phenoxy) is 2. The minimum atomic E-state index is -0.803. The van der Waals surface area contributed by atoms with Gasteiger partial charge in [-0.15, -0.1) is 0 Å². The molecule has 0 heterocycles. The van der Waals surface area contributed by atoms with Gasteiger partial charge in [0.25, 0.3) is 0 Å². The van der Waals surface area contributed by atoms with E-state index in [2.05, 4.69) is 5.32 Å². The van der Waals surface area contributed by atoms with Crippen LogP contribution in [0.2, 0.25) is 0 Å². The zero-order valence-corrected chi connectivity index (χ0v) is 13.9. The molecule has 0 fully saturated rings. The topological polar surface area (TPSA) is 67.8 Å². The molecule has 2 aromatic carbocycles. The van der Waals surface area contributed by atoms with Crippen molar-refractivity contribution in [2.24, 2.45) is 0 Å². The number of carbonyl (C=O) groups excluding carboxylic acids is 1. The zero-order valence-electron chi connectivity index (χ0n) is 13.9. The predicted octanol–water partition coefficient (Wildman–Crippen LogP) is 3.43. The summed E-state index contributed by atoms with van der Waals surface area (Å²) in [6.07, 6.45) is -1.26. The van der Waals surface area contributed by atoms with E-state index in [9.17, 15) is 9.90 Å². The van der Waals surface area contributed by atoms with E-state index in [1.165, 1.54) is 0 Å². The molecule has 0 saturated carbocycles. The number of benzene rings is 2. The molecule has 0 aliphatic heterocycles. The monoisotopic (exact) mass is 329 g/mol. The Morgan fingerprint density at radius 3 is 2.38 bits per heavy atom. The molecular weight excluding hydrogens is 306 g/mol. The second-order valence-corrected chi connectivity index (χ2v) is 5.69. The fraction of sp³-hybridized carbons (Fsp3) is 0.316. The first-order chi connectivity index (χ1) is 11.5. The van der Waals surface area contributed by atoms with E-state index >= 15 is 0 Å². The lowest BCUT2D eigenvalue weighted by atomic mass is 10.1. The minimum Gasteiger partial charge on any atom is -0.491 e. The maximum atomic E-state index is 11.7. The summed E-state index contributed by atoms with van der Waals surface area (Å²) in [6, 6.07) is 16.6. The average Bonchev–Trinajstić information content (AvgIpc) is 2.59. The maximum absolute atomic E-state index is 11.7. The number of rotatable bonds is 7. The lowest BCUT2D eigenvalue weighted by Crippen LogP contribution is -2.28. The van der Waals surface area contributed by atoms with E-state index in [1.54, 1.807) is 24.3 Å². The Hall–Kier alpha value is -2.53. The standard InChI is InChI=1S/C19H23NO4/c1-14(2)24-17-10-8-16(9-11-17)18(21)12-20-19(22)23-13-15-6-4-3-5-7-15/h3-11,14,18,21H,12-13H2,1-2H3,(H,20,22). The third-order valence-corrected chi connectivity index (χ3v) is 3.29. The van der Waals surface area contributed by atoms with Crippen molar-refractivity contribution in [3.8, 4) is 5.75 Å². The van der Waals surface area contributed by atoms with Gasteiger partial charge in [0.2, 0.25) is 0 Å². The Balaban J connectivity index is 1.75. The number of amides is 1. The molecule has 24 heavy (non-hydrogen) atoms. The minimum absolute atomic E-state index is 0.0814. The highest BCUT2D eigenvalue weighted by Crippen LogP contribution is 2.18. The SMILES string of the molecule is CC(C)Oc1ccc(C(O)CNC(=O)OCc2ccccc2)cc1. The molecule has 5 heteroatoms. The van der Waals surface area contributed by atoms with E-state index in [0.29, 0.717) is 5.56 Å². The van der Waals surface area contributed by atoms with Gasteiger partial charge < -0.3 is 19.9 Å². The van der Waals surface area contributed by atoms with Crippen LogP contribution < -0.4 is 10.1 Å². The lowest BCUT2D eigenvalue weighted by Gasteiger charge is -2.14. The number of nitrogens with one attached hydrogen (secondary N) is 1. The first-order valence-corrected chi connectivity index (χ1v) is 7.94. The molecule has 0 bridgehead atoms. The fourth-order valence-corrected chi connectivity index (χ4v) is 2.11. The zero-order chi connectivity index (χ0) is 17.4. The normalized spacial score (nSPS) is 11.8. The molecule has 0 saturated heterocycles. The van der Waals surface area contributed by atoms with E-state index < -0.39 is 12.2 Å². The lowest BCUT2D eigenvalue weighted by molar-refractivity contribution is 0.126. The van der Waals surface area contributed by atoms with Crippen molar-refractivity contribution < 1.29 is 19.4 Å². The van der Waals surface area contributed by atoms with Crippen molar-refractivity contribution in [3.63, 3.8) is 0 Å². The summed E-state index contributed by atoms with van der Waals surface area (Å²) in [5, 5.41) is 12.7. The van der Waals surface area contributed by atoms with E-state index in [-0.39, 0.29) is 19.3 Å². The predicted molar refractivity (Wildman–Crippen MR) is 91.8 cm³/mol. The summed E-state index contributed by atoms with van der Waals surface area (Å²) < 4.78 is 10.6. The van der Waals surface area contributed by atoms with Crippen LogP contribution in [0.5, 0.6) is 5.75 Å². The van der Waals surface area contributed by atoms with Gasteiger partial charge in [-0.2, -0.15) is 0 Å². The van der Waals surface area contributed by atoms with E-state index in [0.717, 1.165) is 11.3 Å². The van der Waals surface area contributed by atoms with Gasteiger partial charge in [-0.25, -0.2) is 4.79 Å². The van der Waals surface area contributed by atoms with Gasteiger partial charge in [0, 0.05) is 0 Å². The van der Waals surface area contributed by atoms with Gasteiger partial charge in [-0.05, 0) is 37.1 Å². The number of aliphatic hydroxyl groups excluding tert-OH is 1. The van der Waals surface area contributed by atoms with Gasteiger partial charge in [0.1, 0.15) is 12.4 Å². The second kappa shape index (κ2) is 8.93. The first kappa shape index (κ1) is 17.8. The molecule has 128 valence electrons. The Morgan fingerprint density at radius 1 is 1.08 bits per heavy atom. The number of carbonyl (C=O) groups is 1. The third kappa shape index (κ3) is 5.93. The Morgan fingerprint density at radius 2 is 1.75 bits per heavy atom. The van der Waals surface area contributed by atoms with E-state index in [4.69, 9.17) is 9.47 Å². The van der Waals surface area contributed by atoms with Crippen LogP contribution in [-0.4, -0.2) is 23.8 Å². The van der Waals surface area contributed by atoms with Crippen molar-refractivity contribution in [3.05, 3.63) is 65.7 Å². The molecule has 1 amide bonds. The van der Waals surface area contributed by atoms with Crippen molar-refractivity contribution in [2.75, 3.05) is 6.54 Å². The molecular formula is C19H23NO4. The van der Waals surface area contributed by atoms with Crippen molar-refractivity contribution in [2.45, 2.75) is 32.7 Å². The van der Waals surface area contributed by atoms with Gasteiger partial charge >= 0.3 is 6.09 Å². The van der Waals surface area contributed by atoms with Crippen molar-refractivity contribution in [1.29, 1.82) is 0 Å². The van der Waals surface area contributed by atoms with Crippen LogP contribution in [0, 0.1) is 0 Å². The smallest absolute Gasteiger partial charge is 0.407 e. The van der Waals surface area contributed by atoms with Crippen LogP contribution in [0.3, 0.4) is 0 Å². The summed E-state index contributed by atoms with van der Waals surface area (Å²) in [4.78, 5) is 11.7. The number of alkyl carbamates (subject to hydrolysis) is 1. The van der Waals surface area contributed by atoms with Gasteiger partial charge in [-0.1, -0.05) is 42.5 Å². The first-order valence-electron chi connectivity index (χ1n) is 7.94. The molecule has 5 nitrogen and oxygen atoms in total.